The number of hydrogen-bond donors (Lipinski definition) is 1. The number of likely N-dealkylation sites (tertiary alicyclic amines) is 1. The molecule has 1 aliphatic rings. The Morgan fingerprint density at radius 3 is 2.64 bits per heavy atom. The molecule has 0 saturated carbocycles. The summed E-state index contributed by atoms with van der Waals surface area (Å²) in [6.45, 7) is 9.32. The minimum atomic E-state index is 0.396. The zero-order valence-corrected chi connectivity index (χ0v) is 10.1. The van der Waals surface area contributed by atoms with Crippen LogP contribution >= 0.6 is 0 Å². The maximum atomic E-state index is 6.03. The van der Waals surface area contributed by atoms with Gasteiger partial charge in [-0.1, -0.05) is 20.3 Å². The van der Waals surface area contributed by atoms with Crippen LogP contribution in [-0.2, 0) is 0 Å². The van der Waals surface area contributed by atoms with Gasteiger partial charge in [-0.2, -0.15) is 0 Å². The number of rotatable bonds is 4. The van der Waals surface area contributed by atoms with Gasteiger partial charge < -0.3 is 5.73 Å². The first-order chi connectivity index (χ1) is 6.62. The molecule has 1 aliphatic heterocycles. The maximum Gasteiger partial charge on any atom is 0.0179 e. The lowest BCUT2D eigenvalue weighted by molar-refractivity contribution is 0.0606. The average Bonchev–Trinajstić information content (AvgIpc) is 2.18. The Morgan fingerprint density at radius 2 is 2.14 bits per heavy atom. The highest BCUT2D eigenvalue weighted by atomic mass is 15.2. The molecule has 2 atom stereocenters. The molecule has 0 aromatic rings. The van der Waals surface area contributed by atoms with Crippen LogP contribution in [0, 0.1) is 0 Å². The summed E-state index contributed by atoms with van der Waals surface area (Å²) < 4.78 is 0. The van der Waals surface area contributed by atoms with Crippen LogP contribution in [-0.4, -0.2) is 29.6 Å². The van der Waals surface area contributed by atoms with Crippen LogP contribution in [0.2, 0.25) is 0 Å². The second-order valence-electron chi connectivity index (χ2n) is 4.95. The number of hydrogen-bond acceptors (Lipinski definition) is 2. The van der Waals surface area contributed by atoms with Crippen molar-refractivity contribution >= 4 is 0 Å². The summed E-state index contributed by atoms with van der Waals surface area (Å²) in [4.78, 5) is 2.62. The fourth-order valence-electron chi connectivity index (χ4n) is 2.60. The Hall–Kier alpha value is -0.0800. The Labute approximate surface area is 88.8 Å². The summed E-state index contributed by atoms with van der Waals surface area (Å²) in [5.74, 6) is 0. The van der Waals surface area contributed by atoms with Crippen LogP contribution in [0.15, 0.2) is 0 Å². The van der Waals surface area contributed by atoms with E-state index in [2.05, 4.69) is 25.7 Å². The van der Waals surface area contributed by atoms with Gasteiger partial charge in [-0.15, -0.1) is 0 Å². The molecule has 2 nitrogen and oxygen atoms in total. The lowest BCUT2D eigenvalue weighted by Crippen LogP contribution is -2.53. The normalized spacial score (nSPS) is 28.7. The van der Waals surface area contributed by atoms with Crippen LogP contribution < -0.4 is 5.73 Å². The van der Waals surface area contributed by atoms with Crippen LogP contribution in [0.4, 0.5) is 0 Å². The minimum absolute atomic E-state index is 0.396. The first-order valence-corrected chi connectivity index (χ1v) is 6.13. The van der Waals surface area contributed by atoms with Gasteiger partial charge in [0.05, 0.1) is 0 Å². The van der Waals surface area contributed by atoms with E-state index in [-0.39, 0.29) is 0 Å². The number of nitrogens with two attached hydrogens (primary N) is 1. The van der Waals surface area contributed by atoms with E-state index in [0.29, 0.717) is 11.6 Å². The van der Waals surface area contributed by atoms with Gasteiger partial charge in [0.15, 0.2) is 0 Å². The molecule has 14 heavy (non-hydrogen) atoms. The standard InChI is InChI=1S/C12H26N2/c1-4-8-12(3,5-2)14-9-6-7-11(13)10-14/h11H,4-10,13H2,1-3H3/t11-,12?/m0/s1. The molecule has 2 N–H and O–H groups in total. The molecule has 2 heteroatoms. The Morgan fingerprint density at radius 1 is 1.43 bits per heavy atom. The lowest BCUT2D eigenvalue weighted by atomic mass is 9.88. The van der Waals surface area contributed by atoms with Crippen molar-refractivity contribution in [1.82, 2.24) is 4.90 Å². The third-order valence-corrected chi connectivity index (χ3v) is 3.77. The predicted molar refractivity (Wildman–Crippen MR) is 62.4 cm³/mol. The highest BCUT2D eigenvalue weighted by Gasteiger charge is 2.31. The van der Waals surface area contributed by atoms with Gasteiger partial charge in [0.2, 0.25) is 0 Å². The zero-order valence-electron chi connectivity index (χ0n) is 10.1. The molecule has 1 rings (SSSR count). The highest BCUT2D eigenvalue weighted by molar-refractivity contribution is 4.89. The summed E-state index contributed by atoms with van der Waals surface area (Å²) in [6, 6.07) is 0.409. The lowest BCUT2D eigenvalue weighted by Gasteiger charge is -2.45. The second kappa shape index (κ2) is 5.13. The number of nitrogens with zero attached hydrogens (tertiary/aromatic N) is 1. The smallest absolute Gasteiger partial charge is 0.0179 e. The predicted octanol–water partition coefficient (Wildman–Crippen LogP) is 2.38. The summed E-state index contributed by atoms with van der Waals surface area (Å²) >= 11 is 0. The fraction of sp³-hybridized carbons (Fsp3) is 1.00. The second-order valence-corrected chi connectivity index (χ2v) is 4.95. The summed E-state index contributed by atoms with van der Waals surface area (Å²) in [5.41, 5.74) is 6.43. The fourth-order valence-corrected chi connectivity index (χ4v) is 2.60. The van der Waals surface area contributed by atoms with E-state index < -0.39 is 0 Å². The SMILES string of the molecule is CCCC(C)(CC)N1CCC[C@H](N)C1. The summed E-state index contributed by atoms with van der Waals surface area (Å²) in [7, 11) is 0. The molecule has 0 radical (unpaired) electrons. The van der Waals surface area contributed by atoms with Crippen molar-refractivity contribution in [1.29, 1.82) is 0 Å². The van der Waals surface area contributed by atoms with Gasteiger partial charge in [0.25, 0.3) is 0 Å². The molecule has 1 saturated heterocycles. The van der Waals surface area contributed by atoms with Crippen LogP contribution in [0.25, 0.3) is 0 Å². The van der Waals surface area contributed by atoms with Crippen LogP contribution in [0.1, 0.15) is 52.9 Å². The molecule has 1 unspecified atom stereocenters. The Balaban J connectivity index is 2.58. The molecule has 1 fully saturated rings. The van der Waals surface area contributed by atoms with Gasteiger partial charge in [-0.3, -0.25) is 4.90 Å². The first-order valence-electron chi connectivity index (χ1n) is 6.13. The molecule has 0 aromatic carbocycles. The van der Waals surface area contributed by atoms with E-state index in [9.17, 15) is 0 Å². The van der Waals surface area contributed by atoms with Crippen LogP contribution in [0.5, 0.6) is 0 Å². The van der Waals surface area contributed by atoms with Crippen molar-refractivity contribution in [3.05, 3.63) is 0 Å². The molecular weight excluding hydrogens is 172 g/mol. The minimum Gasteiger partial charge on any atom is -0.327 e. The van der Waals surface area contributed by atoms with E-state index in [4.69, 9.17) is 5.73 Å². The third-order valence-electron chi connectivity index (χ3n) is 3.77. The summed E-state index contributed by atoms with van der Waals surface area (Å²) in [5, 5.41) is 0. The Bertz CT molecular complexity index is 170. The third kappa shape index (κ3) is 2.71. The van der Waals surface area contributed by atoms with Crippen LogP contribution in [0.3, 0.4) is 0 Å². The van der Waals surface area contributed by atoms with Gasteiger partial charge in [0.1, 0.15) is 0 Å². The molecule has 0 amide bonds. The van der Waals surface area contributed by atoms with Gasteiger partial charge in [-0.05, 0) is 39.2 Å². The van der Waals surface area contributed by atoms with E-state index >= 15 is 0 Å². The van der Waals surface area contributed by atoms with Gasteiger partial charge in [-0.25, -0.2) is 0 Å². The van der Waals surface area contributed by atoms with Gasteiger partial charge >= 0.3 is 0 Å². The Kier molecular flexibility index (Phi) is 4.39. The van der Waals surface area contributed by atoms with Crippen molar-refractivity contribution in [2.75, 3.05) is 13.1 Å². The molecule has 84 valence electrons. The largest absolute Gasteiger partial charge is 0.327 e. The van der Waals surface area contributed by atoms with Crippen molar-refractivity contribution < 1.29 is 0 Å². The van der Waals surface area contributed by atoms with Gasteiger partial charge in [0, 0.05) is 18.1 Å². The zero-order chi connectivity index (χ0) is 10.6. The average molecular weight is 198 g/mol. The van der Waals surface area contributed by atoms with E-state index in [1.165, 1.54) is 38.6 Å². The molecular formula is C12H26N2. The summed E-state index contributed by atoms with van der Waals surface area (Å²) in [6.07, 6.45) is 6.31. The monoisotopic (exact) mass is 198 g/mol. The first kappa shape index (κ1) is 12.0. The van der Waals surface area contributed by atoms with Crippen molar-refractivity contribution in [2.45, 2.75) is 64.5 Å². The highest BCUT2D eigenvalue weighted by Crippen LogP contribution is 2.27. The van der Waals surface area contributed by atoms with E-state index in [1.54, 1.807) is 0 Å². The molecule has 0 spiro atoms. The number of piperidine rings is 1. The van der Waals surface area contributed by atoms with Crippen molar-refractivity contribution in [3.8, 4) is 0 Å². The quantitative estimate of drug-likeness (QED) is 0.751. The van der Waals surface area contributed by atoms with Crippen molar-refractivity contribution in [3.63, 3.8) is 0 Å². The van der Waals surface area contributed by atoms with E-state index in [1.807, 2.05) is 0 Å². The molecule has 1 heterocycles. The molecule has 0 bridgehead atoms. The molecule has 0 aromatic heterocycles. The molecule has 0 aliphatic carbocycles. The topological polar surface area (TPSA) is 29.3 Å². The van der Waals surface area contributed by atoms with E-state index in [0.717, 1.165) is 6.54 Å². The van der Waals surface area contributed by atoms with Crippen molar-refractivity contribution in [2.24, 2.45) is 5.73 Å². The maximum absolute atomic E-state index is 6.03.